The number of aromatic nitrogens is 1. The number of ether oxygens (including phenoxy) is 1. The molecule has 0 bridgehead atoms. The van der Waals surface area contributed by atoms with Gasteiger partial charge in [0, 0.05) is 42.5 Å². The van der Waals surface area contributed by atoms with E-state index in [0.29, 0.717) is 35.1 Å². The van der Waals surface area contributed by atoms with Gasteiger partial charge in [-0.05, 0) is 74.5 Å². The number of fused-ring (bicyclic) bond motifs is 1. The Kier molecular flexibility index (Phi) is 6.57. The molecule has 0 amide bonds. The number of hydrogen-bond acceptors (Lipinski definition) is 7. The summed E-state index contributed by atoms with van der Waals surface area (Å²) < 4.78 is 11.3. The molecule has 1 saturated carbocycles. The molecular formula is C31H30N4O3. The molecular weight excluding hydrogens is 476 g/mol. The van der Waals surface area contributed by atoms with Crippen molar-refractivity contribution in [3.63, 3.8) is 0 Å². The van der Waals surface area contributed by atoms with Crippen molar-refractivity contribution in [2.45, 2.75) is 32.2 Å². The minimum atomic E-state index is -0.344. The SMILES string of the molecule is CCOC(=O)c1ccc(-c2cc3nccc(-c4ccc(N5CCC(NCC6CC6)C5)c(C#N)c4)c3o2)cc1. The highest BCUT2D eigenvalue weighted by atomic mass is 16.5. The number of anilines is 1. The van der Waals surface area contributed by atoms with Gasteiger partial charge in [0.15, 0.2) is 5.58 Å². The van der Waals surface area contributed by atoms with E-state index in [4.69, 9.17) is 9.15 Å². The van der Waals surface area contributed by atoms with E-state index in [2.05, 4.69) is 33.4 Å². The number of hydrogen-bond donors (Lipinski definition) is 1. The van der Waals surface area contributed by atoms with Crippen LogP contribution in [-0.2, 0) is 4.74 Å². The molecule has 2 aromatic carbocycles. The molecule has 2 aromatic heterocycles. The summed E-state index contributed by atoms with van der Waals surface area (Å²) in [5.74, 6) is 1.18. The molecule has 3 heterocycles. The summed E-state index contributed by atoms with van der Waals surface area (Å²) in [6.07, 6.45) is 5.56. The van der Waals surface area contributed by atoms with Crippen molar-refractivity contribution in [3.05, 3.63) is 71.9 Å². The largest absolute Gasteiger partial charge is 0.462 e. The number of nitrogens with one attached hydrogen (secondary N) is 1. The zero-order valence-corrected chi connectivity index (χ0v) is 21.4. The maximum atomic E-state index is 12.0. The number of esters is 1. The van der Waals surface area contributed by atoms with E-state index in [1.54, 1.807) is 25.3 Å². The smallest absolute Gasteiger partial charge is 0.338 e. The van der Waals surface area contributed by atoms with E-state index in [1.807, 2.05) is 30.3 Å². The van der Waals surface area contributed by atoms with Gasteiger partial charge in [0.05, 0.1) is 23.4 Å². The van der Waals surface area contributed by atoms with E-state index in [0.717, 1.165) is 59.9 Å². The van der Waals surface area contributed by atoms with E-state index in [-0.39, 0.29) is 5.97 Å². The van der Waals surface area contributed by atoms with Gasteiger partial charge in [-0.2, -0.15) is 5.26 Å². The summed E-state index contributed by atoms with van der Waals surface area (Å²) in [6, 6.07) is 19.9. The molecule has 2 fully saturated rings. The lowest BCUT2D eigenvalue weighted by atomic mass is 10.0. The van der Waals surface area contributed by atoms with Crippen LogP contribution >= 0.6 is 0 Å². The zero-order valence-electron chi connectivity index (χ0n) is 21.4. The average molecular weight is 507 g/mol. The number of pyridine rings is 1. The molecule has 4 aromatic rings. The predicted octanol–water partition coefficient (Wildman–Crippen LogP) is 5.79. The lowest BCUT2D eigenvalue weighted by molar-refractivity contribution is 0.0526. The van der Waals surface area contributed by atoms with Gasteiger partial charge in [0.1, 0.15) is 17.3 Å². The molecule has 0 spiro atoms. The number of carbonyl (C=O) groups excluding carboxylic acids is 1. The lowest BCUT2D eigenvalue weighted by Gasteiger charge is -2.21. The van der Waals surface area contributed by atoms with Crippen LogP contribution in [0, 0.1) is 17.2 Å². The molecule has 6 rings (SSSR count). The Morgan fingerprint density at radius 2 is 1.95 bits per heavy atom. The second kappa shape index (κ2) is 10.3. The maximum Gasteiger partial charge on any atom is 0.338 e. The van der Waals surface area contributed by atoms with E-state index in [9.17, 15) is 10.1 Å². The van der Waals surface area contributed by atoms with Crippen molar-refractivity contribution in [1.82, 2.24) is 10.3 Å². The predicted molar refractivity (Wildman–Crippen MR) is 147 cm³/mol. The van der Waals surface area contributed by atoms with E-state index in [1.165, 1.54) is 12.8 Å². The minimum absolute atomic E-state index is 0.337. The van der Waals surface area contributed by atoms with Gasteiger partial charge in [-0.15, -0.1) is 0 Å². The molecule has 1 saturated heterocycles. The van der Waals surface area contributed by atoms with Crippen LogP contribution in [0.5, 0.6) is 0 Å². The van der Waals surface area contributed by atoms with Crippen molar-refractivity contribution < 1.29 is 13.9 Å². The maximum absolute atomic E-state index is 12.0. The van der Waals surface area contributed by atoms with Crippen LogP contribution in [-0.4, -0.2) is 43.2 Å². The van der Waals surface area contributed by atoms with Crippen LogP contribution in [0.2, 0.25) is 0 Å². The monoisotopic (exact) mass is 506 g/mol. The van der Waals surface area contributed by atoms with Gasteiger partial charge in [-0.25, -0.2) is 4.79 Å². The Bertz CT molecular complexity index is 1510. The van der Waals surface area contributed by atoms with Crippen LogP contribution in [0.3, 0.4) is 0 Å². The third-order valence-electron chi connectivity index (χ3n) is 7.44. The molecule has 1 aliphatic heterocycles. The number of nitrogens with zero attached hydrogens (tertiary/aromatic N) is 3. The molecule has 1 atom stereocenters. The highest BCUT2D eigenvalue weighted by Gasteiger charge is 2.27. The van der Waals surface area contributed by atoms with Crippen molar-refractivity contribution in [2.24, 2.45) is 5.92 Å². The van der Waals surface area contributed by atoms with Crippen molar-refractivity contribution in [1.29, 1.82) is 5.26 Å². The summed E-state index contributed by atoms with van der Waals surface area (Å²) in [7, 11) is 0. The fraction of sp³-hybridized carbons (Fsp3) is 0.323. The Balaban J connectivity index is 1.26. The van der Waals surface area contributed by atoms with Crippen LogP contribution in [0.15, 0.2) is 65.2 Å². The van der Waals surface area contributed by atoms with Crippen LogP contribution < -0.4 is 10.2 Å². The molecule has 1 N–H and O–H groups in total. The topological polar surface area (TPSA) is 91.4 Å². The number of rotatable bonds is 8. The van der Waals surface area contributed by atoms with Crippen molar-refractivity contribution in [3.8, 4) is 28.5 Å². The second-order valence-electron chi connectivity index (χ2n) is 10.1. The minimum Gasteiger partial charge on any atom is -0.462 e. The van der Waals surface area contributed by atoms with Crippen LogP contribution in [0.1, 0.15) is 42.1 Å². The van der Waals surface area contributed by atoms with Gasteiger partial charge in [0.2, 0.25) is 0 Å². The Labute approximate surface area is 222 Å². The summed E-state index contributed by atoms with van der Waals surface area (Å²) >= 11 is 0. The first-order valence-electron chi connectivity index (χ1n) is 13.3. The number of benzene rings is 2. The average Bonchev–Trinajstić information content (AvgIpc) is 3.48. The standard InChI is InChI=1S/C31H30N4O3/c1-2-37-31(36)22-7-5-21(6-8-22)29-16-27-30(38-29)26(11-13-33-27)23-9-10-28(24(15-23)17-32)35-14-12-25(19-35)34-18-20-3-4-20/h5-11,13,15-16,20,25,34H,2-4,12,14,18-19H2,1H3. The highest BCUT2D eigenvalue weighted by Crippen LogP contribution is 2.36. The lowest BCUT2D eigenvalue weighted by Crippen LogP contribution is -2.34. The van der Waals surface area contributed by atoms with Crippen LogP contribution in [0.25, 0.3) is 33.6 Å². The highest BCUT2D eigenvalue weighted by molar-refractivity contribution is 5.94. The summed E-state index contributed by atoms with van der Waals surface area (Å²) in [6.45, 7) is 5.11. The number of carbonyl (C=O) groups is 1. The second-order valence-corrected chi connectivity index (χ2v) is 10.1. The molecule has 1 aliphatic carbocycles. The normalized spacial score (nSPS) is 17.1. The first kappa shape index (κ1) is 24.2. The third kappa shape index (κ3) is 4.88. The van der Waals surface area contributed by atoms with Crippen LogP contribution in [0.4, 0.5) is 5.69 Å². The van der Waals surface area contributed by atoms with E-state index >= 15 is 0 Å². The number of nitriles is 1. The van der Waals surface area contributed by atoms with Crippen molar-refractivity contribution >= 4 is 22.8 Å². The molecule has 7 heteroatoms. The molecule has 2 aliphatic rings. The molecule has 7 nitrogen and oxygen atoms in total. The fourth-order valence-electron chi connectivity index (χ4n) is 5.16. The fourth-order valence-corrected chi connectivity index (χ4v) is 5.16. The Morgan fingerprint density at radius 1 is 1.13 bits per heavy atom. The van der Waals surface area contributed by atoms with Gasteiger partial charge < -0.3 is 19.4 Å². The number of furan rings is 1. The molecule has 0 radical (unpaired) electrons. The Morgan fingerprint density at radius 3 is 2.71 bits per heavy atom. The van der Waals surface area contributed by atoms with Gasteiger partial charge in [0.25, 0.3) is 0 Å². The first-order chi connectivity index (χ1) is 18.6. The summed E-state index contributed by atoms with van der Waals surface area (Å²) in [4.78, 5) is 18.8. The Hall–Kier alpha value is -4.15. The summed E-state index contributed by atoms with van der Waals surface area (Å²) in [5, 5.41) is 13.7. The quantitative estimate of drug-likeness (QED) is 0.303. The zero-order chi connectivity index (χ0) is 26.1. The van der Waals surface area contributed by atoms with E-state index < -0.39 is 0 Å². The molecule has 38 heavy (non-hydrogen) atoms. The summed E-state index contributed by atoms with van der Waals surface area (Å²) in [5.41, 5.74) is 6.19. The molecule has 192 valence electrons. The first-order valence-corrected chi connectivity index (χ1v) is 13.3. The third-order valence-corrected chi connectivity index (χ3v) is 7.44. The molecule has 1 unspecified atom stereocenters. The van der Waals surface area contributed by atoms with Gasteiger partial charge >= 0.3 is 5.97 Å². The van der Waals surface area contributed by atoms with Gasteiger partial charge in [-0.3, -0.25) is 4.98 Å². The van der Waals surface area contributed by atoms with Crippen molar-refractivity contribution in [2.75, 3.05) is 31.1 Å². The van der Waals surface area contributed by atoms with Gasteiger partial charge in [-0.1, -0.05) is 18.2 Å².